The maximum absolute atomic E-state index is 5.27. The number of H-pyrrole nitrogens is 1. The van der Waals surface area contributed by atoms with E-state index in [-0.39, 0.29) is 12.4 Å². The molecule has 4 rings (SSSR count). The molecule has 0 unspecified atom stereocenters. The van der Waals surface area contributed by atoms with Crippen LogP contribution in [0.2, 0.25) is 0 Å². The number of anilines is 2. The molecule has 4 aromatic rings. The number of ether oxygens (including phenoxy) is 1. The molecular formula is C17H15ClN4O. The monoisotopic (exact) mass is 326 g/mol. The third-order valence-corrected chi connectivity index (χ3v) is 3.67. The Bertz CT molecular complexity index is 967. The van der Waals surface area contributed by atoms with Crippen LogP contribution in [-0.4, -0.2) is 22.3 Å². The van der Waals surface area contributed by atoms with Crippen LogP contribution < -0.4 is 10.1 Å². The van der Waals surface area contributed by atoms with E-state index in [0.29, 0.717) is 0 Å². The number of hydrogen-bond donors (Lipinski definition) is 2. The van der Waals surface area contributed by atoms with Gasteiger partial charge in [-0.2, -0.15) is 5.10 Å². The van der Waals surface area contributed by atoms with Crippen LogP contribution in [0.25, 0.3) is 21.8 Å². The first-order valence-electron chi connectivity index (χ1n) is 6.97. The number of methoxy groups -OCH3 is 1. The minimum Gasteiger partial charge on any atom is -0.497 e. The van der Waals surface area contributed by atoms with E-state index < -0.39 is 0 Å². The molecule has 0 saturated carbocycles. The van der Waals surface area contributed by atoms with Gasteiger partial charge in [-0.1, -0.05) is 6.07 Å². The summed E-state index contributed by atoms with van der Waals surface area (Å²) >= 11 is 0. The maximum atomic E-state index is 5.27. The zero-order valence-electron chi connectivity index (χ0n) is 12.4. The number of halogens is 1. The van der Waals surface area contributed by atoms with Crippen LogP contribution in [0.5, 0.6) is 5.75 Å². The van der Waals surface area contributed by atoms with Crippen molar-refractivity contribution in [3.8, 4) is 5.75 Å². The van der Waals surface area contributed by atoms with Crippen molar-refractivity contribution in [1.82, 2.24) is 15.2 Å². The van der Waals surface area contributed by atoms with Crippen LogP contribution in [-0.2, 0) is 0 Å². The molecule has 0 radical (unpaired) electrons. The van der Waals surface area contributed by atoms with Crippen molar-refractivity contribution in [3.05, 3.63) is 54.9 Å². The second kappa shape index (κ2) is 6.14. The molecule has 0 aliphatic heterocycles. The summed E-state index contributed by atoms with van der Waals surface area (Å²) in [4.78, 5) is 4.43. The molecule has 0 aliphatic carbocycles. The molecule has 2 N–H and O–H groups in total. The van der Waals surface area contributed by atoms with Crippen molar-refractivity contribution in [1.29, 1.82) is 0 Å². The Balaban J connectivity index is 0.00000156. The summed E-state index contributed by atoms with van der Waals surface area (Å²) < 4.78 is 5.27. The van der Waals surface area contributed by atoms with E-state index in [9.17, 15) is 0 Å². The Morgan fingerprint density at radius 2 is 2.04 bits per heavy atom. The van der Waals surface area contributed by atoms with Gasteiger partial charge in [-0.05, 0) is 30.3 Å². The van der Waals surface area contributed by atoms with E-state index in [2.05, 4.69) is 20.5 Å². The molecule has 0 amide bonds. The van der Waals surface area contributed by atoms with Crippen LogP contribution in [0.1, 0.15) is 0 Å². The molecular weight excluding hydrogens is 312 g/mol. The lowest BCUT2D eigenvalue weighted by Crippen LogP contribution is -1.94. The van der Waals surface area contributed by atoms with Crippen LogP contribution in [0.3, 0.4) is 0 Å². The number of nitrogens with zero attached hydrogens (tertiary/aromatic N) is 2. The first-order valence-corrected chi connectivity index (χ1v) is 6.97. The third-order valence-electron chi connectivity index (χ3n) is 3.67. The van der Waals surface area contributed by atoms with Gasteiger partial charge in [0.1, 0.15) is 5.75 Å². The number of fused-ring (bicyclic) bond motifs is 3. The average molecular weight is 327 g/mol. The zero-order chi connectivity index (χ0) is 14.9. The van der Waals surface area contributed by atoms with Gasteiger partial charge in [-0.25, -0.2) is 0 Å². The van der Waals surface area contributed by atoms with Crippen LogP contribution >= 0.6 is 12.4 Å². The van der Waals surface area contributed by atoms with Crippen molar-refractivity contribution in [2.45, 2.75) is 0 Å². The predicted octanol–water partition coefficient (Wildman–Crippen LogP) is 4.29. The Labute approximate surface area is 139 Å². The first kappa shape index (κ1) is 15.1. The van der Waals surface area contributed by atoms with Crippen molar-refractivity contribution in [2.75, 3.05) is 12.4 Å². The number of aromatic nitrogens is 3. The topological polar surface area (TPSA) is 62.8 Å². The van der Waals surface area contributed by atoms with Gasteiger partial charge < -0.3 is 10.1 Å². The number of rotatable bonds is 3. The van der Waals surface area contributed by atoms with Crippen LogP contribution in [0, 0.1) is 0 Å². The molecule has 0 bridgehead atoms. The van der Waals surface area contributed by atoms with Gasteiger partial charge in [0, 0.05) is 28.7 Å². The highest BCUT2D eigenvalue weighted by molar-refractivity contribution is 6.10. The molecule has 0 fully saturated rings. The van der Waals surface area contributed by atoms with E-state index in [1.165, 1.54) is 0 Å². The number of pyridine rings is 1. The Morgan fingerprint density at radius 1 is 1.13 bits per heavy atom. The Hall–Kier alpha value is -2.79. The number of hydrogen-bond acceptors (Lipinski definition) is 4. The lowest BCUT2D eigenvalue weighted by molar-refractivity contribution is 0.415. The van der Waals surface area contributed by atoms with Crippen molar-refractivity contribution in [2.24, 2.45) is 0 Å². The van der Waals surface area contributed by atoms with Gasteiger partial charge in [-0.15, -0.1) is 12.4 Å². The van der Waals surface area contributed by atoms with Gasteiger partial charge in [-0.3, -0.25) is 10.1 Å². The number of benzene rings is 2. The van der Waals surface area contributed by atoms with E-state index in [1.54, 1.807) is 13.3 Å². The van der Waals surface area contributed by atoms with Crippen LogP contribution in [0.4, 0.5) is 11.4 Å². The van der Waals surface area contributed by atoms with Crippen molar-refractivity contribution >= 4 is 45.6 Å². The molecule has 2 aromatic carbocycles. The molecule has 2 aromatic heterocycles. The quantitative estimate of drug-likeness (QED) is 0.589. The summed E-state index contributed by atoms with van der Waals surface area (Å²) in [5, 5.41) is 12.7. The average Bonchev–Trinajstić information content (AvgIpc) is 3.04. The van der Waals surface area contributed by atoms with Crippen molar-refractivity contribution in [3.63, 3.8) is 0 Å². The molecule has 0 saturated heterocycles. The molecule has 6 heteroatoms. The minimum atomic E-state index is 0. The van der Waals surface area contributed by atoms with Crippen LogP contribution in [0.15, 0.2) is 54.9 Å². The molecule has 5 nitrogen and oxygen atoms in total. The van der Waals surface area contributed by atoms with Gasteiger partial charge in [0.25, 0.3) is 0 Å². The summed E-state index contributed by atoms with van der Waals surface area (Å²) in [5.74, 6) is 0.815. The second-order valence-electron chi connectivity index (χ2n) is 5.01. The lowest BCUT2D eigenvalue weighted by atomic mass is 10.1. The molecule has 0 aliphatic rings. The Kier molecular flexibility index (Phi) is 4.04. The van der Waals surface area contributed by atoms with E-state index >= 15 is 0 Å². The van der Waals surface area contributed by atoms with Gasteiger partial charge in [0.15, 0.2) is 0 Å². The fourth-order valence-electron chi connectivity index (χ4n) is 2.62. The highest BCUT2D eigenvalue weighted by Crippen LogP contribution is 2.31. The van der Waals surface area contributed by atoms with Crippen molar-refractivity contribution < 1.29 is 4.74 Å². The zero-order valence-corrected chi connectivity index (χ0v) is 13.2. The van der Waals surface area contributed by atoms with E-state index in [4.69, 9.17) is 4.74 Å². The molecule has 0 atom stereocenters. The fourth-order valence-corrected chi connectivity index (χ4v) is 2.62. The van der Waals surface area contributed by atoms with E-state index in [0.717, 1.165) is 38.9 Å². The standard InChI is InChI=1S/C17H14N4O.ClH/c1-22-13-4-2-3-12(9-13)20-15-7-8-18-14-6-5-11-10-19-21-17(11)16(14)15;/h2-10H,1H3,(H,18,20)(H,19,21);1H. The molecule has 116 valence electrons. The molecule has 0 spiro atoms. The highest BCUT2D eigenvalue weighted by atomic mass is 35.5. The highest BCUT2D eigenvalue weighted by Gasteiger charge is 2.08. The second-order valence-corrected chi connectivity index (χ2v) is 5.01. The van der Waals surface area contributed by atoms with Gasteiger partial charge >= 0.3 is 0 Å². The maximum Gasteiger partial charge on any atom is 0.120 e. The normalized spacial score (nSPS) is 10.5. The van der Waals surface area contributed by atoms with Gasteiger partial charge in [0.2, 0.25) is 0 Å². The molecule has 23 heavy (non-hydrogen) atoms. The third kappa shape index (κ3) is 2.66. The minimum absolute atomic E-state index is 0. The molecule has 2 heterocycles. The fraction of sp³-hybridized carbons (Fsp3) is 0.0588. The first-order chi connectivity index (χ1) is 10.8. The number of aromatic amines is 1. The summed E-state index contributed by atoms with van der Waals surface area (Å²) in [5.41, 5.74) is 3.84. The smallest absolute Gasteiger partial charge is 0.120 e. The summed E-state index contributed by atoms with van der Waals surface area (Å²) in [7, 11) is 1.66. The predicted molar refractivity (Wildman–Crippen MR) is 94.9 cm³/mol. The van der Waals surface area contributed by atoms with Gasteiger partial charge in [0.05, 0.1) is 30.0 Å². The largest absolute Gasteiger partial charge is 0.497 e. The number of nitrogens with one attached hydrogen (secondary N) is 2. The SMILES string of the molecule is COc1cccc(Nc2ccnc3ccc4cn[nH]c4c23)c1.Cl. The Morgan fingerprint density at radius 3 is 2.91 bits per heavy atom. The summed E-state index contributed by atoms with van der Waals surface area (Å²) in [6.07, 6.45) is 3.62. The summed E-state index contributed by atoms with van der Waals surface area (Å²) in [6, 6.07) is 13.8. The lowest BCUT2D eigenvalue weighted by Gasteiger charge is -2.11. The summed E-state index contributed by atoms with van der Waals surface area (Å²) in [6.45, 7) is 0. The van der Waals surface area contributed by atoms with E-state index in [1.807, 2.05) is 48.7 Å².